The fourth-order valence-electron chi connectivity index (χ4n) is 2.88. The molecule has 0 radical (unpaired) electrons. The highest BCUT2D eigenvalue weighted by Gasteiger charge is 2.22. The number of rotatable bonds is 4. The van der Waals surface area contributed by atoms with Gasteiger partial charge in [0, 0.05) is 20.1 Å². The zero-order chi connectivity index (χ0) is 13.8. The predicted molar refractivity (Wildman–Crippen MR) is 76.1 cm³/mol. The Balaban J connectivity index is 2.19. The van der Waals surface area contributed by atoms with Gasteiger partial charge in [-0.05, 0) is 45.7 Å². The molecule has 0 amide bonds. The summed E-state index contributed by atoms with van der Waals surface area (Å²) >= 11 is 0. The minimum Gasteiger partial charge on any atom is -0.356 e. The number of hydrogen-bond acceptors (Lipinski definition) is 4. The molecule has 5 heteroatoms. The highest BCUT2D eigenvalue weighted by molar-refractivity contribution is 5.56. The number of nitriles is 1. The maximum absolute atomic E-state index is 9.32. The third-order valence-electron chi connectivity index (χ3n) is 3.92. The molecule has 0 unspecified atom stereocenters. The van der Waals surface area contributed by atoms with Crippen molar-refractivity contribution in [3.8, 4) is 6.07 Å². The van der Waals surface area contributed by atoms with Crippen molar-refractivity contribution < 1.29 is 0 Å². The largest absolute Gasteiger partial charge is 0.356 e. The summed E-state index contributed by atoms with van der Waals surface area (Å²) in [4.78, 5) is 2.30. The third kappa shape index (κ3) is 2.90. The van der Waals surface area contributed by atoms with E-state index in [2.05, 4.69) is 28.3 Å². The zero-order valence-electron chi connectivity index (χ0n) is 12.1. The molecule has 5 nitrogen and oxygen atoms in total. The van der Waals surface area contributed by atoms with Crippen LogP contribution in [0, 0.1) is 24.2 Å². The van der Waals surface area contributed by atoms with Gasteiger partial charge in [0.1, 0.15) is 17.5 Å². The van der Waals surface area contributed by atoms with Crippen LogP contribution in [0.2, 0.25) is 0 Å². The van der Waals surface area contributed by atoms with E-state index in [9.17, 15) is 5.26 Å². The number of hydrogen-bond donors (Lipinski definition) is 1. The molecule has 2 rings (SSSR count). The lowest BCUT2D eigenvalue weighted by Gasteiger charge is -2.30. The molecule has 0 atom stereocenters. The van der Waals surface area contributed by atoms with Gasteiger partial charge in [0.15, 0.2) is 0 Å². The number of aromatic nitrogens is 2. The van der Waals surface area contributed by atoms with Crippen LogP contribution in [0.15, 0.2) is 0 Å². The van der Waals surface area contributed by atoms with E-state index in [0.29, 0.717) is 5.92 Å². The Morgan fingerprint density at radius 3 is 2.74 bits per heavy atom. The van der Waals surface area contributed by atoms with Crippen molar-refractivity contribution in [3.63, 3.8) is 0 Å². The van der Waals surface area contributed by atoms with Gasteiger partial charge in [0.25, 0.3) is 0 Å². The van der Waals surface area contributed by atoms with Gasteiger partial charge in [-0.15, -0.1) is 0 Å². The summed E-state index contributed by atoms with van der Waals surface area (Å²) in [6, 6.07) is 2.30. The molecule has 19 heavy (non-hydrogen) atoms. The lowest BCUT2D eigenvalue weighted by Crippen LogP contribution is -2.37. The molecular weight excluding hydrogens is 238 g/mol. The number of anilines is 1. The molecule has 0 aromatic carbocycles. The number of nitrogens with zero attached hydrogens (tertiary/aromatic N) is 4. The van der Waals surface area contributed by atoms with Gasteiger partial charge in [-0.2, -0.15) is 10.4 Å². The Morgan fingerprint density at radius 2 is 2.16 bits per heavy atom. The fraction of sp³-hybridized carbons (Fsp3) is 0.714. The summed E-state index contributed by atoms with van der Waals surface area (Å²) in [5.74, 6) is 1.68. The van der Waals surface area contributed by atoms with Crippen molar-refractivity contribution in [1.82, 2.24) is 15.1 Å². The van der Waals surface area contributed by atoms with Crippen molar-refractivity contribution in [3.05, 3.63) is 11.3 Å². The molecule has 104 valence electrons. The van der Waals surface area contributed by atoms with Gasteiger partial charge in [-0.1, -0.05) is 0 Å². The van der Waals surface area contributed by atoms with Crippen LogP contribution >= 0.6 is 0 Å². The summed E-state index contributed by atoms with van der Waals surface area (Å²) in [7, 11) is 1.92. The monoisotopic (exact) mass is 261 g/mol. The minimum atomic E-state index is 0.711. The van der Waals surface area contributed by atoms with Crippen molar-refractivity contribution in [2.75, 3.05) is 31.1 Å². The van der Waals surface area contributed by atoms with Crippen LogP contribution in [0.4, 0.5) is 5.82 Å². The second-order valence-corrected chi connectivity index (χ2v) is 5.25. The van der Waals surface area contributed by atoms with Crippen LogP contribution in [-0.2, 0) is 7.05 Å². The van der Waals surface area contributed by atoms with Crippen LogP contribution in [0.1, 0.15) is 31.0 Å². The third-order valence-corrected chi connectivity index (χ3v) is 3.92. The normalized spacial score (nSPS) is 16.3. The molecule has 1 saturated heterocycles. The van der Waals surface area contributed by atoms with Gasteiger partial charge in [0.2, 0.25) is 0 Å². The molecule has 1 aromatic heterocycles. The highest BCUT2D eigenvalue weighted by atomic mass is 15.4. The molecule has 0 bridgehead atoms. The van der Waals surface area contributed by atoms with Gasteiger partial charge in [0.05, 0.1) is 5.69 Å². The van der Waals surface area contributed by atoms with Gasteiger partial charge in [-0.25, -0.2) is 0 Å². The second-order valence-electron chi connectivity index (χ2n) is 5.25. The molecule has 1 aromatic rings. The Labute approximate surface area is 115 Å². The van der Waals surface area contributed by atoms with E-state index in [-0.39, 0.29) is 0 Å². The molecule has 0 spiro atoms. The van der Waals surface area contributed by atoms with Crippen LogP contribution in [0.3, 0.4) is 0 Å². The standard InChI is InChI=1S/C14H23N5/c1-4-19(10-12-5-7-16-8-6-12)14-13(9-15)11(2)17-18(14)3/h12,16H,4-8,10H2,1-3H3. The Kier molecular flexibility index (Phi) is 4.43. The zero-order valence-corrected chi connectivity index (χ0v) is 12.1. The first-order valence-corrected chi connectivity index (χ1v) is 7.06. The number of nitrogens with one attached hydrogen (secondary N) is 1. The first-order valence-electron chi connectivity index (χ1n) is 7.06. The SMILES string of the molecule is CCN(CC1CCNCC1)c1c(C#N)c(C)nn1C. The van der Waals surface area contributed by atoms with E-state index in [0.717, 1.165) is 43.3 Å². The average Bonchev–Trinajstić information content (AvgIpc) is 2.71. The van der Waals surface area contributed by atoms with E-state index in [1.165, 1.54) is 12.8 Å². The van der Waals surface area contributed by atoms with E-state index in [4.69, 9.17) is 0 Å². The average molecular weight is 261 g/mol. The van der Waals surface area contributed by atoms with E-state index in [1.807, 2.05) is 18.7 Å². The lowest BCUT2D eigenvalue weighted by molar-refractivity contribution is 0.373. The molecule has 0 saturated carbocycles. The number of aryl methyl sites for hydroxylation is 2. The van der Waals surface area contributed by atoms with E-state index >= 15 is 0 Å². The molecular formula is C14H23N5. The quantitative estimate of drug-likeness (QED) is 0.890. The summed E-state index contributed by atoms with van der Waals surface area (Å²) in [6.07, 6.45) is 2.43. The van der Waals surface area contributed by atoms with Gasteiger partial charge < -0.3 is 10.2 Å². The smallest absolute Gasteiger partial charge is 0.144 e. The maximum atomic E-state index is 9.32. The molecule has 1 N–H and O–H groups in total. The second kappa shape index (κ2) is 6.07. The Bertz CT molecular complexity index is 465. The first kappa shape index (κ1) is 13.9. The van der Waals surface area contributed by atoms with Crippen molar-refractivity contribution in [2.24, 2.45) is 13.0 Å². The van der Waals surface area contributed by atoms with Crippen LogP contribution < -0.4 is 10.2 Å². The Morgan fingerprint density at radius 1 is 1.47 bits per heavy atom. The summed E-state index contributed by atoms with van der Waals surface area (Å²) < 4.78 is 1.85. The Hall–Kier alpha value is -1.54. The summed E-state index contributed by atoms with van der Waals surface area (Å²) in [5.41, 5.74) is 1.54. The predicted octanol–water partition coefficient (Wildman–Crippen LogP) is 1.43. The van der Waals surface area contributed by atoms with Crippen LogP contribution in [-0.4, -0.2) is 36.0 Å². The fourth-order valence-corrected chi connectivity index (χ4v) is 2.88. The molecule has 1 aliphatic heterocycles. The van der Waals surface area contributed by atoms with Gasteiger partial charge >= 0.3 is 0 Å². The van der Waals surface area contributed by atoms with E-state index < -0.39 is 0 Å². The molecule has 1 fully saturated rings. The van der Waals surface area contributed by atoms with Crippen molar-refractivity contribution >= 4 is 5.82 Å². The van der Waals surface area contributed by atoms with E-state index in [1.54, 1.807) is 0 Å². The van der Waals surface area contributed by atoms with Crippen molar-refractivity contribution in [2.45, 2.75) is 26.7 Å². The highest BCUT2D eigenvalue weighted by Crippen LogP contribution is 2.24. The lowest BCUT2D eigenvalue weighted by atomic mass is 9.97. The van der Waals surface area contributed by atoms with Crippen molar-refractivity contribution in [1.29, 1.82) is 5.26 Å². The van der Waals surface area contributed by atoms with Crippen LogP contribution in [0.25, 0.3) is 0 Å². The molecule has 2 heterocycles. The maximum Gasteiger partial charge on any atom is 0.144 e. The van der Waals surface area contributed by atoms with Gasteiger partial charge in [-0.3, -0.25) is 4.68 Å². The molecule has 0 aliphatic carbocycles. The molecule has 1 aliphatic rings. The first-order chi connectivity index (χ1) is 9.17. The topological polar surface area (TPSA) is 56.9 Å². The van der Waals surface area contributed by atoms with Crippen LogP contribution in [0.5, 0.6) is 0 Å². The summed E-state index contributed by atoms with van der Waals surface area (Å²) in [6.45, 7) is 8.20. The summed E-state index contributed by atoms with van der Waals surface area (Å²) in [5, 5.41) is 17.1. The minimum absolute atomic E-state index is 0.711. The number of piperidine rings is 1.